The van der Waals surface area contributed by atoms with Gasteiger partial charge in [-0.2, -0.15) is 0 Å². The fourth-order valence-corrected chi connectivity index (χ4v) is 2.18. The Labute approximate surface area is 104 Å². The molecule has 6 heteroatoms. The molecule has 0 saturated heterocycles. The quantitative estimate of drug-likeness (QED) is 0.810. The van der Waals surface area contributed by atoms with Gasteiger partial charge in [-0.25, -0.2) is 9.59 Å². The largest absolute Gasteiger partial charge is 0.462 e. The molecule has 0 atom stereocenters. The molecule has 1 heterocycles. The van der Waals surface area contributed by atoms with Crippen LogP contribution >= 0.6 is 11.3 Å². The molecule has 0 aliphatic rings. The molecule has 94 valence electrons. The summed E-state index contributed by atoms with van der Waals surface area (Å²) in [7, 11) is 0. The summed E-state index contributed by atoms with van der Waals surface area (Å²) in [5, 5.41) is 0. The average molecular weight is 257 g/mol. The topological polar surface area (TPSA) is 78.6 Å². The Morgan fingerprint density at radius 1 is 1.24 bits per heavy atom. The molecule has 0 fully saturated rings. The van der Waals surface area contributed by atoms with Crippen molar-refractivity contribution in [2.45, 2.75) is 20.4 Å². The number of rotatable bonds is 5. The van der Waals surface area contributed by atoms with Crippen LogP contribution < -0.4 is 5.73 Å². The highest BCUT2D eigenvalue weighted by atomic mass is 32.1. The Morgan fingerprint density at radius 2 is 1.82 bits per heavy atom. The van der Waals surface area contributed by atoms with Crippen molar-refractivity contribution in [3.63, 3.8) is 0 Å². The van der Waals surface area contributed by atoms with Crippen molar-refractivity contribution < 1.29 is 19.1 Å². The lowest BCUT2D eigenvalue weighted by molar-refractivity contribution is 0.0525. The van der Waals surface area contributed by atoms with Gasteiger partial charge in [-0.3, -0.25) is 0 Å². The molecule has 0 aliphatic carbocycles. The number of esters is 2. The lowest BCUT2D eigenvalue weighted by Crippen LogP contribution is -2.08. The summed E-state index contributed by atoms with van der Waals surface area (Å²) in [5.41, 5.74) is 5.87. The van der Waals surface area contributed by atoms with Gasteiger partial charge in [0.15, 0.2) is 0 Å². The summed E-state index contributed by atoms with van der Waals surface area (Å²) in [6, 6.07) is 1.48. The third kappa shape index (κ3) is 3.28. The summed E-state index contributed by atoms with van der Waals surface area (Å²) < 4.78 is 9.74. The molecular weight excluding hydrogens is 242 g/mol. The van der Waals surface area contributed by atoms with E-state index in [0.29, 0.717) is 21.9 Å². The number of hydrogen-bond donors (Lipinski definition) is 1. The molecule has 0 spiro atoms. The maximum Gasteiger partial charge on any atom is 0.348 e. The molecule has 0 aliphatic heterocycles. The summed E-state index contributed by atoms with van der Waals surface area (Å²) in [5.74, 6) is -0.900. The van der Waals surface area contributed by atoms with Crippen LogP contribution in [-0.4, -0.2) is 25.2 Å². The minimum absolute atomic E-state index is 0.193. The Hall–Kier alpha value is -1.40. The maximum atomic E-state index is 11.6. The SMILES string of the molecule is CCOC(=O)c1cc(C(=O)OCC)c(CN)s1. The van der Waals surface area contributed by atoms with Gasteiger partial charge in [0.2, 0.25) is 0 Å². The summed E-state index contributed by atoms with van der Waals surface area (Å²) in [6.07, 6.45) is 0. The number of carbonyl (C=O) groups excluding carboxylic acids is 2. The Bertz CT molecular complexity index is 414. The van der Waals surface area contributed by atoms with Crippen molar-refractivity contribution >= 4 is 23.3 Å². The second-order valence-electron chi connectivity index (χ2n) is 3.09. The zero-order valence-electron chi connectivity index (χ0n) is 9.82. The molecule has 0 radical (unpaired) electrons. The highest BCUT2D eigenvalue weighted by molar-refractivity contribution is 7.14. The van der Waals surface area contributed by atoms with Crippen LogP contribution in [0.3, 0.4) is 0 Å². The van der Waals surface area contributed by atoms with Crippen molar-refractivity contribution in [2.24, 2.45) is 5.73 Å². The molecular formula is C11H15NO4S. The van der Waals surface area contributed by atoms with Crippen LogP contribution in [0.25, 0.3) is 0 Å². The van der Waals surface area contributed by atoms with Gasteiger partial charge >= 0.3 is 11.9 Å². The molecule has 5 nitrogen and oxygen atoms in total. The fraction of sp³-hybridized carbons (Fsp3) is 0.455. The molecule has 0 unspecified atom stereocenters. The molecule has 0 aromatic carbocycles. The number of carbonyl (C=O) groups is 2. The van der Waals surface area contributed by atoms with Gasteiger partial charge < -0.3 is 15.2 Å². The summed E-state index contributed by atoms with van der Waals surface area (Å²) in [4.78, 5) is 24.1. The standard InChI is InChI=1S/C11H15NO4S/c1-3-15-10(13)7-5-8(11(14)16-4-2)17-9(7)6-12/h5H,3-4,6,12H2,1-2H3. The van der Waals surface area contributed by atoms with Crippen LogP contribution in [-0.2, 0) is 16.0 Å². The maximum absolute atomic E-state index is 11.6. The van der Waals surface area contributed by atoms with Crippen LogP contribution in [0, 0.1) is 0 Å². The minimum atomic E-state index is -0.459. The van der Waals surface area contributed by atoms with Crippen LogP contribution in [0.5, 0.6) is 0 Å². The van der Waals surface area contributed by atoms with E-state index in [9.17, 15) is 9.59 Å². The molecule has 0 saturated carbocycles. The van der Waals surface area contributed by atoms with E-state index < -0.39 is 11.9 Å². The highest BCUT2D eigenvalue weighted by Gasteiger charge is 2.20. The fourth-order valence-electron chi connectivity index (χ4n) is 1.26. The number of ether oxygens (including phenoxy) is 2. The van der Waals surface area contributed by atoms with E-state index in [2.05, 4.69) is 0 Å². The highest BCUT2D eigenvalue weighted by Crippen LogP contribution is 2.23. The summed E-state index contributed by atoms with van der Waals surface area (Å²) >= 11 is 1.16. The number of thiophene rings is 1. The van der Waals surface area contributed by atoms with E-state index >= 15 is 0 Å². The van der Waals surface area contributed by atoms with Gasteiger partial charge in [0.05, 0.1) is 18.8 Å². The predicted molar refractivity (Wildman–Crippen MR) is 64.1 cm³/mol. The monoisotopic (exact) mass is 257 g/mol. The molecule has 0 amide bonds. The summed E-state index contributed by atoms with van der Waals surface area (Å²) in [6.45, 7) is 4.22. The smallest absolute Gasteiger partial charge is 0.348 e. The van der Waals surface area contributed by atoms with Gasteiger partial charge in [0.25, 0.3) is 0 Å². The second kappa shape index (κ2) is 6.36. The number of hydrogen-bond acceptors (Lipinski definition) is 6. The van der Waals surface area contributed by atoms with Crippen molar-refractivity contribution in [1.82, 2.24) is 0 Å². The third-order valence-corrected chi connectivity index (χ3v) is 3.10. The molecule has 1 aromatic heterocycles. The van der Waals surface area contributed by atoms with Crippen molar-refractivity contribution in [3.8, 4) is 0 Å². The van der Waals surface area contributed by atoms with Gasteiger partial charge in [0, 0.05) is 11.4 Å². The van der Waals surface area contributed by atoms with E-state index in [1.165, 1.54) is 6.07 Å². The molecule has 2 N–H and O–H groups in total. The van der Waals surface area contributed by atoms with E-state index in [4.69, 9.17) is 15.2 Å². The predicted octanol–water partition coefficient (Wildman–Crippen LogP) is 1.56. The zero-order chi connectivity index (χ0) is 12.8. The van der Waals surface area contributed by atoms with E-state index in [1.54, 1.807) is 13.8 Å². The van der Waals surface area contributed by atoms with Crippen molar-refractivity contribution in [1.29, 1.82) is 0 Å². The lowest BCUT2D eigenvalue weighted by Gasteiger charge is -2.00. The second-order valence-corrected chi connectivity index (χ2v) is 4.23. The molecule has 0 bridgehead atoms. The molecule has 1 aromatic rings. The van der Waals surface area contributed by atoms with Gasteiger partial charge in [0.1, 0.15) is 4.88 Å². The van der Waals surface area contributed by atoms with Gasteiger partial charge in [-0.1, -0.05) is 0 Å². The minimum Gasteiger partial charge on any atom is -0.462 e. The first kappa shape index (κ1) is 13.7. The van der Waals surface area contributed by atoms with Gasteiger partial charge in [-0.05, 0) is 19.9 Å². The lowest BCUT2D eigenvalue weighted by atomic mass is 10.2. The molecule has 1 rings (SSSR count). The van der Waals surface area contributed by atoms with Crippen molar-refractivity contribution in [2.75, 3.05) is 13.2 Å². The average Bonchev–Trinajstić information content (AvgIpc) is 2.73. The van der Waals surface area contributed by atoms with Crippen LogP contribution in [0.1, 0.15) is 38.8 Å². The normalized spacial score (nSPS) is 10.1. The van der Waals surface area contributed by atoms with Crippen molar-refractivity contribution in [3.05, 3.63) is 21.4 Å². The van der Waals surface area contributed by atoms with E-state index in [0.717, 1.165) is 11.3 Å². The Balaban J connectivity index is 2.98. The van der Waals surface area contributed by atoms with Crippen LogP contribution in [0.15, 0.2) is 6.07 Å². The first-order valence-corrected chi connectivity index (χ1v) is 6.12. The first-order chi connectivity index (χ1) is 8.13. The van der Waals surface area contributed by atoms with E-state index in [1.807, 2.05) is 0 Å². The van der Waals surface area contributed by atoms with E-state index in [-0.39, 0.29) is 13.2 Å². The number of nitrogens with two attached hydrogens (primary N) is 1. The third-order valence-electron chi connectivity index (χ3n) is 1.97. The Kier molecular flexibility index (Phi) is 5.11. The molecule has 17 heavy (non-hydrogen) atoms. The first-order valence-electron chi connectivity index (χ1n) is 5.31. The Morgan fingerprint density at radius 3 is 2.35 bits per heavy atom. The van der Waals surface area contributed by atoms with Crippen LogP contribution in [0.2, 0.25) is 0 Å². The van der Waals surface area contributed by atoms with Crippen LogP contribution in [0.4, 0.5) is 0 Å². The van der Waals surface area contributed by atoms with Gasteiger partial charge in [-0.15, -0.1) is 11.3 Å². The zero-order valence-corrected chi connectivity index (χ0v) is 10.6.